The average molecular weight is 142 g/mol. The maximum atomic E-state index is 12.2. The van der Waals surface area contributed by atoms with Crippen molar-refractivity contribution in [1.82, 2.24) is 0 Å². The molecule has 0 atom stereocenters. The van der Waals surface area contributed by atoms with Crippen molar-refractivity contribution in [2.75, 3.05) is 0 Å². The van der Waals surface area contributed by atoms with Gasteiger partial charge in [0.15, 0.2) is 0 Å². The molecule has 0 radical (unpaired) electrons. The highest BCUT2D eigenvalue weighted by atomic mass is 19.1. The SMILES string of the molecule is CC.CC1=CC(F)=CCC1. The number of hydrogen-bond acceptors (Lipinski definition) is 0. The van der Waals surface area contributed by atoms with E-state index in [2.05, 4.69) is 0 Å². The molecule has 0 N–H and O–H groups in total. The lowest BCUT2D eigenvalue weighted by Crippen LogP contribution is -1.83. The third kappa shape index (κ3) is 3.44. The van der Waals surface area contributed by atoms with Gasteiger partial charge in [0.2, 0.25) is 0 Å². The second-order valence-electron chi connectivity index (χ2n) is 2.12. The van der Waals surface area contributed by atoms with Gasteiger partial charge in [-0.05, 0) is 31.9 Å². The largest absolute Gasteiger partial charge is 0.207 e. The van der Waals surface area contributed by atoms with Gasteiger partial charge in [0.25, 0.3) is 0 Å². The molecule has 1 heteroatoms. The van der Waals surface area contributed by atoms with Crippen LogP contribution in [-0.4, -0.2) is 0 Å². The molecule has 0 unspecified atom stereocenters. The van der Waals surface area contributed by atoms with Gasteiger partial charge in [-0.3, -0.25) is 0 Å². The Labute approximate surface area is 62.4 Å². The second-order valence-corrected chi connectivity index (χ2v) is 2.12. The first-order valence-electron chi connectivity index (χ1n) is 3.82. The van der Waals surface area contributed by atoms with E-state index in [1.54, 1.807) is 12.2 Å². The Morgan fingerprint density at radius 1 is 1.40 bits per heavy atom. The van der Waals surface area contributed by atoms with Crippen LogP contribution in [0.3, 0.4) is 0 Å². The maximum Gasteiger partial charge on any atom is 0.119 e. The van der Waals surface area contributed by atoms with Crippen LogP contribution in [0.5, 0.6) is 0 Å². The van der Waals surface area contributed by atoms with E-state index in [9.17, 15) is 4.39 Å². The normalized spacial score (nSPS) is 16.4. The molecule has 58 valence electrons. The predicted octanol–water partition coefficient (Wildman–Crippen LogP) is 3.61. The minimum atomic E-state index is -0.0752. The van der Waals surface area contributed by atoms with E-state index in [1.165, 1.54) is 0 Å². The molecule has 0 amide bonds. The van der Waals surface area contributed by atoms with Gasteiger partial charge in [0, 0.05) is 0 Å². The summed E-state index contributed by atoms with van der Waals surface area (Å²) in [5, 5.41) is 0. The topological polar surface area (TPSA) is 0 Å². The van der Waals surface area contributed by atoms with Crippen LogP contribution in [0.25, 0.3) is 0 Å². The van der Waals surface area contributed by atoms with Gasteiger partial charge >= 0.3 is 0 Å². The molecule has 0 aromatic carbocycles. The fraction of sp³-hybridized carbons (Fsp3) is 0.556. The number of allylic oxidation sites excluding steroid dienone is 4. The Morgan fingerprint density at radius 2 is 2.00 bits per heavy atom. The summed E-state index contributed by atoms with van der Waals surface area (Å²) in [5.41, 5.74) is 1.14. The Hall–Kier alpha value is -0.590. The smallest absolute Gasteiger partial charge is 0.119 e. The molecular formula is C9H15F. The lowest BCUT2D eigenvalue weighted by molar-refractivity contribution is 0.647. The van der Waals surface area contributed by atoms with Gasteiger partial charge in [0.05, 0.1) is 0 Å². The van der Waals surface area contributed by atoms with E-state index in [4.69, 9.17) is 0 Å². The molecule has 0 aliphatic heterocycles. The summed E-state index contributed by atoms with van der Waals surface area (Å²) in [4.78, 5) is 0. The molecule has 10 heavy (non-hydrogen) atoms. The zero-order valence-electron chi connectivity index (χ0n) is 6.95. The molecule has 0 aromatic rings. The maximum absolute atomic E-state index is 12.2. The first kappa shape index (κ1) is 9.41. The van der Waals surface area contributed by atoms with Crippen molar-refractivity contribution < 1.29 is 4.39 Å². The van der Waals surface area contributed by atoms with Crippen LogP contribution in [0.4, 0.5) is 4.39 Å². The highest BCUT2D eigenvalue weighted by Gasteiger charge is 1.97. The van der Waals surface area contributed by atoms with Crippen molar-refractivity contribution in [1.29, 1.82) is 0 Å². The summed E-state index contributed by atoms with van der Waals surface area (Å²) in [6, 6.07) is 0. The van der Waals surface area contributed by atoms with Crippen LogP contribution in [0, 0.1) is 0 Å². The molecular weight excluding hydrogens is 127 g/mol. The van der Waals surface area contributed by atoms with Crippen molar-refractivity contribution in [2.45, 2.75) is 33.6 Å². The Kier molecular flexibility index (Phi) is 4.91. The van der Waals surface area contributed by atoms with Gasteiger partial charge in [-0.15, -0.1) is 0 Å². The molecule has 0 fully saturated rings. The van der Waals surface area contributed by atoms with E-state index in [0.717, 1.165) is 18.4 Å². The highest BCUT2D eigenvalue weighted by Crippen LogP contribution is 2.16. The van der Waals surface area contributed by atoms with Gasteiger partial charge in [-0.2, -0.15) is 0 Å². The Morgan fingerprint density at radius 3 is 2.30 bits per heavy atom. The number of hydrogen-bond donors (Lipinski definition) is 0. The Balaban J connectivity index is 0.000000371. The minimum absolute atomic E-state index is 0.0752. The molecule has 0 aromatic heterocycles. The molecule has 1 rings (SSSR count). The van der Waals surface area contributed by atoms with E-state index in [-0.39, 0.29) is 5.83 Å². The second kappa shape index (κ2) is 5.21. The van der Waals surface area contributed by atoms with Gasteiger partial charge in [-0.25, -0.2) is 4.39 Å². The molecule has 0 nitrogen and oxygen atoms in total. The van der Waals surface area contributed by atoms with E-state index < -0.39 is 0 Å². The lowest BCUT2D eigenvalue weighted by Gasteiger charge is -2.01. The monoisotopic (exact) mass is 142 g/mol. The predicted molar refractivity (Wildman–Crippen MR) is 43.5 cm³/mol. The zero-order valence-corrected chi connectivity index (χ0v) is 6.95. The van der Waals surface area contributed by atoms with Crippen molar-refractivity contribution in [3.63, 3.8) is 0 Å². The van der Waals surface area contributed by atoms with Crippen LogP contribution in [0.2, 0.25) is 0 Å². The highest BCUT2D eigenvalue weighted by molar-refractivity contribution is 5.20. The van der Waals surface area contributed by atoms with Crippen molar-refractivity contribution in [3.8, 4) is 0 Å². The molecule has 0 saturated heterocycles. The fourth-order valence-electron chi connectivity index (χ4n) is 0.804. The third-order valence-corrected chi connectivity index (χ3v) is 1.26. The van der Waals surface area contributed by atoms with E-state index in [1.807, 2.05) is 20.8 Å². The van der Waals surface area contributed by atoms with E-state index >= 15 is 0 Å². The average Bonchev–Trinajstić information content (AvgIpc) is 1.91. The first-order chi connectivity index (χ1) is 4.79. The number of halogens is 1. The van der Waals surface area contributed by atoms with Crippen LogP contribution >= 0.6 is 0 Å². The van der Waals surface area contributed by atoms with Crippen molar-refractivity contribution in [3.05, 3.63) is 23.6 Å². The van der Waals surface area contributed by atoms with Crippen LogP contribution in [0.15, 0.2) is 23.6 Å². The zero-order chi connectivity index (χ0) is 7.98. The van der Waals surface area contributed by atoms with Crippen molar-refractivity contribution in [2.24, 2.45) is 0 Å². The van der Waals surface area contributed by atoms with Gasteiger partial charge in [-0.1, -0.05) is 19.4 Å². The van der Waals surface area contributed by atoms with Crippen LogP contribution < -0.4 is 0 Å². The van der Waals surface area contributed by atoms with Crippen molar-refractivity contribution >= 4 is 0 Å². The molecule has 1 aliphatic rings. The molecule has 0 spiro atoms. The quantitative estimate of drug-likeness (QED) is 0.484. The summed E-state index contributed by atoms with van der Waals surface area (Å²) >= 11 is 0. The van der Waals surface area contributed by atoms with E-state index in [0.29, 0.717) is 0 Å². The molecule has 0 heterocycles. The third-order valence-electron chi connectivity index (χ3n) is 1.26. The summed E-state index contributed by atoms with van der Waals surface area (Å²) < 4.78 is 12.2. The van der Waals surface area contributed by atoms with Gasteiger partial charge in [0.1, 0.15) is 5.83 Å². The Bertz CT molecular complexity index is 143. The standard InChI is InChI=1S/C7H9F.C2H6/c1-6-3-2-4-7(8)5-6;1-2/h4-5H,2-3H2,1H3;1-2H3. The van der Waals surface area contributed by atoms with Crippen LogP contribution in [-0.2, 0) is 0 Å². The number of rotatable bonds is 0. The minimum Gasteiger partial charge on any atom is -0.207 e. The fourth-order valence-corrected chi connectivity index (χ4v) is 0.804. The first-order valence-corrected chi connectivity index (χ1v) is 3.82. The molecule has 0 saturated carbocycles. The summed E-state index contributed by atoms with van der Waals surface area (Å²) in [6.07, 6.45) is 5.10. The summed E-state index contributed by atoms with van der Waals surface area (Å²) in [7, 11) is 0. The summed E-state index contributed by atoms with van der Waals surface area (Å²) in [6.45, 7) is 5.95. The lowest BCUT2D eigenvalue weighted by atomic mass is 10.1. The molecule has 1 aliphatic carbocycles. The summed E-state index contributed by atoms with van der Waals surface area (Å²) in [5.74, 6) is -0.0752. The van der Waals surface area contributed by atoms with Gasteiger partial charge < -0.3 is 0 Å². The molecule has 0 bridgehead atoms. The van der Waals surface area contributed by atoms with Crippen LogP contribution in [0.1, 0.15) is 33.6 Å².